The van der Waals surface area contributed by atoms with Gasteiger partial charge in [0.2, 0.25) is 6.79 Å². The SMILES string of the molecule is CNC(=O)OCCCCCCCCCCCCOCc1ccc2c(c1)OCO2. The maximum atomic E-state index is 10.9. The van der Waals surface area contributed by atoms with Crippen molar-refractivity contribution in [2.45, 2.75) is 70.8 Å². The third-order valence-corrected chi connectivity index (χ3v) is 4.83. The summed E-state index contributed by atoms with van der Waals surface area (Å²) in [5, 5.41) is 2.45. The van der Waals surface area contributed by atoms with Gasteiger partial charge in [-0.2, -0.15) is 0 Å². The van der Waals surface area contributed by atoms with Crippen molar-refractivity contribution >= 4 is 6.09 Å². The zero-order valence-corrected chi connectivity index (χ0v) is 17.2. The van der Waals surface area contributed by atoms with Gasteiger partial charge in [-0.05, 0) is 30.5 Å². The maximum Gasteiger partial charge on any atom is 0.406 e. The molecule has 0 unspecified atom stereocenters. The van der Waals surface area contributed by atoms with Crippen LogP contribution in [0.3, 0.4) is 0 Å². The predicted octanol–water partition coefficient (Wildman–Crippen LogP) is 5.19. The van der Waals surface area contributed by atoms with Crippen LogP contribution in [0.4, 0.5) is 4.79 Å². The molecule has 0 aromatic heterocycles. The van der Waals surface area contributed by atoms with E-state index in [4.69, 9.17) is 18.9 Å². The lowest BCUT2D eigenvalue weighted by molar-refractivity contribution is 0.116. The van der Waals surface area contributed by atoms with Crippen LogP contribution < -0.4 is 14.8 Å². The summed E-state index contributed by atoms with van der Waals surface area (Å²) >= 11 is 0. The number of amides is 1. The Morgan fingerprint density at radius 2 is 1.50 bits per heavy atom. The summed E-state index contributed by atoms with van der Waals surface area (Å²) in [6.07, 6.45) is 11.8. The van der Waals surface area contributed by atoms with Crippen LogP contribution in [-0.2, 0) is 16.1 Å². The van der Waals surface area contributed by atoms with E-state index in [2.05, 4.69) is 5.32 Å². The Morgan fingerprint density at radius 1 is 0.893 bits per heavy atom. The largest absolute Gasteiger partial charge is 0.454 e. The molecule has 1 amide bonds. The highest BCUT2D eigenvalue weighted by atomic mass is 16.7. The number of unbranched alkanes of at least 4 members (excludes halogenated alkanes) is 9. The molecule has 1 aromatic rings. The average Bonchev–Trinajstić information content (AvgIpc) is 3.18. The zero-order chi connectivity index (χ0) is 19.9. The molecule has 0 atom stereocenters. The number of rotatable bonds is 15. The molecule has 2 rings (SSSR count). The van der Waals surface area contributed by atoms with E-state index in [0.29, 0.717) is 20.0 Å². The van der Waals surface area contributed by atoms with Crippen LogP contribution in [0.25, 0.3) is 0 Å². The molecule has 6 heteroatoms. The molecular formula is C22H35NO5. The molecule has 1 aromatic carbocycles. The lowest BCUT2D eigenvalue weighted by Crippen LogP contribution is -2.19. The second-order valence-electron chi connectivity index (χ2n) is 7.16. The molecule has 158 valence electrons. The van der Waals surface area contributed by atoms with Crippen LogP contribution in [0.2, 0.25) is 0 Å². The fourth-order valence-electron chi connectivity index (χ4n) is 3.18. The molecule has 0 radical (unpaired) electrons. The number of benzene rings is 1. The summed E-state index contributed by atoms with van der Waals surface area (Å²) in [7, 11) is 1.58. The van der Waals surface area contributed by atoms with Crippen LogP contribution in [0.15, 0.2) is 18.2 Å². The Kier molecular flexibility index (Phi) is 11.3. The van der Waals surface area contributed by atoms with Gasteiger partial charge in [0, 0.05) is 13.7 Å². The molecule has 0 bridgehead atoms. The topological polar surface area (TPSA) is 66.0 Å². The standard InChI is InChI=1S/C22H35NO5/c1-23-22(24)26-15-11-9-7-5-3-2-4-6-8-10-14-25-17-19-12-13-20-21(16-19)28-18-27-20/h12-13,16H,2-11,14-15,17-18H2,1H3,(H,23,24). The first kappa shape index (κ1) is 22.3. The first-order valence-corrected chi connectivity index (χ1v) is 10.6. The van der Waals surface area contributed by atoms with Gasteiger partial charge in [-0.1, -0.05) is 57.4 Å². The summed E-state index contributed by atoms with van der Waals surface area (Å²) in [5.74, 6) is 1.64. The molecule has 0 aliphatic carbocycles. The number of hydrogen-bond donors (Lipinski definition) is 1. The van der Waals surface area contributed by atoms with E-state index in [0.717, 1.165) is 42.9 Å². The first-order valence-electron chi connectivity index (χ1n) is 10.6. The Labute approximate surface area is 168 Å². The fourth-order valence-corrected chi connectivity index (χ4v) is 3.18. The van der Waals surface area contributed by atoms with Gasteiger partial charge in [-0.25, -0.2) is 4.79 Å². The highest BCUT2D eigenvalue weighted by Crippen LogP contribution is 2.32. The molecule has 1 aliphatic heterocycles. The van der Waals surface area contributed by atoms with Crippen molar-refractivity contribution in [1.82, 2.24) is 5.32 Å². The third kappa shape index (κ3) is 9.31. The molecule has 0 fully saturated rings. The maximum absolute atomic E-state index is 10.9. The van der Waals surface area contributed by atoms with Gasteiger partial charge in [0.15, 0.2) is 11.5 Å². The number of carbonyl (C=O) groups is 1. The monoisotopic (exact) mass is 393 g/mol. The van der Waals surface area contributed by atoms with Crippen LogP contribution in [0, 0.1) is 0 Å². The zero-order valence-electron chi connectivity index (χ0n) is 17.2. The lowest BCUT2D eigenvalue weighted by atomic mass is 10.1. The third-order valence-electron chi connectivity index (χ3n) is 4.83. The van der Waals surface area contributed by atoms with E-state index >= 15 is 0 Å². The molecule has 0 spiro atoms. The highest BCUT2D eigenvalue weighted by Gasteiger charge is 2.12. The molecule has 0 saturated heterocycles. The van der Waals surface area contributed by atoms with Gasteiger partial charge in [-0.15, -0.1) is 0 Å². The Bertz CT molecular complexity index is 564. The van der Waals surface area contributed by atoms with Gasteiger partial charge in [0.05, 0.1) is 13.2 Å². The highest BCUT2D eigenvalue weighted by molar-refractivity contribution is 5.66. The van der Waals surface area contributed by atoms with Crippen molar-refractivity contribution in [2.75, 3.05) is 27.1 Å². The van der Waals surface area contributed by atoms with Gasteiger partial charge < -0.3 is 24.3 Å². The van der Waals surface area contributed by atoms with Crippen LogP contribution >= 0.6 is 0 Å². The van der Waals surface area contributed by atoms with Crippen molar-refractivity contribution in [2.24, 2.45) is 0 Å². The Morgan fingerprint density at radius 3 is 2.18 bits per heavy atom. The number of nitrogens with one attached hydrogen (secondary N) is 1. The van der Waals surface area contributed by atoms with E-state index in [1.54, 1.807) is 7.05 Å². The van der Waals surface area contributed by atoms with Crippen molar-refractivity contribution in [3.8, 4) is 11.5 Å². The van der Waals surface area contributed by atoms with Crippen molar-refractivity contribution < 1.29 is 23.7 Å². The summed E-state index contributed by atoms with van der Waals surface area (Å²) in [6, 6.07) is 5.97. The van der Waals surface area contributed by atoms with Crippen molar-refractivity contribution in [3.05, 3.63) is 23.8 Å². The van der Waals surface area contributed by atoms with E-state index < -0.39 is 0 Å². The minimum atomic E-state index is -0.335. The normalized spacial score (nSPS) is 12.2. The van der Waals surface area contributed by atoms with Crippen molar-refractivity contribution in [1.29, 1.82) is 0 Å². The molecule has 6 nitrogen and oxygen atoms in total. The summed E-state index contributed by atoms with van der Waals surface area (Å²) in [6.45, 7) is 2.28. The Hall–Kier alpha value is -1.95. The quantitative estimate of drug-likeness (QED) is 0.416. The number of fused-ring (bicyclic) bond motifs is 1. The first-order chi connectivity index (χ1) is 13.8. The minimum absolute atomic E-state index is 0.313. The second kappa shape index (κ2) is 14.1. The summed E-state index contributed by atoms with van der Waals surface area (Å²) in [5.41, 5.74) is 1.13. The van der Waals surface area contributed by atoms with Gasteiger partial charge in [0.1, 0.15) is 0 Å². The second-order valence-corrected chi connectivity index (χ2v) is 7.16. The van der Waals surface area contributed by atoms with Gasteiger partial charge in [0.25, 0.3) is 0 Å². The predicted molar refractivity (Wildman–Crippen MR) is 109 cm³/mol. The molecule has 1 N–H and O–H groups in total. The minimum Gasteiger partial charge on any atom is -0.454 e. The van der Waals surface area contributed by atoms with Crippen LogP contribution in [-0.4, -0.2) is 33.1 Å². The average molecular weight is 394 g/mol. The van der Waals surface area contributed by atoms with E-state index in [1.807, 2.05) is 18.2 Å². The lowest BCUT2D eigenvalue weighted by Gasteiger charge is -2.06. The molecule has 1 aliphatic rings. The number of alkyl carbamates (subject to hydrolysis) is 1. The van der Waals surface area contributed by atoms with E-state index in [-0.39, 0.29) is 6.09 Å². The molecule has 1 heterocycles. The van der Waals surface area contributed by atoms with E-state index in [1.165, 1.54) is 44.9 Å². The van der Waals surface area contributed by atoms with Gasteiger partial charge in [-0.3, -0.25) is 0 Å². The number of carbonyl (C=O) groups excluding carboxylic acids is 1. The van der Waals surface area contributed by atoms with Crippen molar-refractivity contribution in [3.63, 3.8) is 0 Å². The molecule has 0 saturated carbocycles. The number of hydrogen-bond acceptors (Lipinski definition) is 5. The van der Waals surface area contributed by atoms with E-state index in [9.17, 15) is 4.79 Å². The molecule has 28 heavy (non-hydrogen) atoms. The van der Waals surface area contributed by atoms with Crippen LogP contribution in [0.1, 0.15) is 69.8 Å². The molecular weight excluding hydrogens is 358 g/mol. The summed E-state index contributed by atoms with van der Waals surface area (Å²) in [4.78, 5) is 10.9. The van der Waals surface area contributed by atoms with Crippen LogP contribution in [0.5, 0.6) is 11.5 Å². The fraction of sp³-hybridized carbons (Fsp3) is 0.682. The summed E-state index contributed by atoms with van der Waals surface area (Å²) < 4.78 is 21.4. The smallest absolute Gasteiger partial charge is 0.406 e. The van der Waals surface area contributed by atoms with Gasteiger partial charge >= 0.3 is 6.09 Å². The number of ether oxygens (including phenoxy) is 4. The Balaban J connectivity index is 1.31.